The van der Waals surface area contributed by atoms with Gasteiger partial charge in [-0.3, -0.25) is 0 Å². The van der Waals surface area contributed by atoms with E-state index >= 15 is 0 Å². The minimum Gasteiger partial charge on any atom is -0.454 e. The second-order valence-electron chi connectivity index (χ2n) is 5.61. The molecule has 1 N–H and O–H groups in total. The predicted octanol–water partition coefficient (Wildman–Crippen LogP) is 2.32. The summed E-state index contributed by atoms with van der Waals surface area (Å²) >= 11 is 0. The van der Waals surface area contributed by atoms with E-state index in [9.17, 15) is 0 Å². The smallest absolute Gasteiger partial charge is 0.263 e. The third-order valence-electron chi connectivity index (χ3n) is 3.94. The Balaban J connectivity index is 1.37. The van der Waals surface area contributed by atoms with Crippen LogP contribution in [-0.2, 0) is 6.54 Å². The SMILES string of the molecule is Cc1noc2ncnc(NCc3noc(-c4ccc5c(c4)OCO5)n3)c12. The number of ether oxygens (including phenoxy) is 2. The molecule has 1 aliphatic rings. The number of rotatable bonds is 4. The topological polar surface area (TPSA) is 121 Å². The van der Waals surface area contributed by atoms with Gasteiger partial charge < -0.3 is 23.8 Å². The van der Waals surface area contributed by atoms with E-state index in [4.69, 9.17) is 18.5 Å². The highest BCUT2D eigenvalue weighted by Crippen LogP contribution is 2.35. The van der Waals surface area contributed by atoms with Crippen LogP contribution < -0.4 is 14.8 Å². The number of nitrogens with zero attached hydrogens (tertiary/aromatic N) is 5. The third kappa shape index (κ3) is 2.39. The van der Waals surface area contributed by atoms with E-state index in [2.05, 4.69) is 30.6 Å². The molecular formula is C16H12N6O4. The number of anilines is 1. The van der Waals surface area contributed by atoms with Gasteiger partial charge in [-0.2, -0.15) is 9.97 Å². The van der Waals surface area contributed by atoms with Crippen LogP contribution in [0.25, 0.3) is 22.6 Å². The van der Waals surface area contributed by atoms with Gasteiger partial charge >= 0.3 is 0 Å². The first-order chi connectivity index (χ1) is 12.8. The Bertz CT molecular complexity index is 1110. The molecule has 0 spiro atoms. The van der Waals surface area contributed by atoms with Gasteiger partial charge in [0.2, 0.25) is 6.79 Å². The molecule has 1 aliphatic heterocycles. The van der Waals surface area contributed by atoms with Crippen molar-refractivity contribution in [1.29, 1.82) is 0 Å². The van der Waals surface area contributed by atoms with E-state index in [-0.39, 0.29) is 6.79 Å². The van der Waals surface area contributed by atoms with Crippen LogP contribution in [0.1, 0.15) is 11.5 Å². The van der Waals surface area contributed by atoms with Crippen LogP contribution in [-0.4, -0.2) is 32.1 Å². The Hall–Kier alpha value is -3.69. The molecule has 0 atom stereocenters. The lowest BCUT2D eigenvalue weighted by molar-refractivity contribution is 0.174. The predicted molar refractivity (Wildman–Crippen MR) is 87.5 cm³/mol. The van der Waals surface area contributed by atoms with Gasteiger partial charge in [0.05, 0.1) is 12.2 Å². The summed E-state index contributed by atoms with van der Waals surface area (Å²) in [5.41, 5.74) is 1.89. The second kappa shape index (κ2) is 5.69. The first-order valence-electron chi connectivity index (χ1n) is 7.81. The Kier molecular flexibility index (Phi) is 3.20. The summed E-state index contributed by atoms with van der Waals surface area (Å²) in [6.07, 6.45) is 1.41. The number of nitrogens with one attached hydrogen (secondary N) is 1. The standard InChI is InChI=1S/C16H12N6O4/c1-8-13-14(18-6-19-16(13)26-21-8)17-5-12-20-15(25-22-12)9-2-3-10-11(4-9)24-7-23-10/h2-4,6H,5,7H2,1H3,(H,17,18,19). The summed E-state index contributed by atoms with van der Waals surface area (Å²) < 4.78 is 21.1. The van der Waals surface area contributed by atoms with Crippen LogP contribution in [0, 0.1) is 6.92 Å². The van der Waals surface area contributed by atoms with Crippen molar-refractivity contribution in [2.45, 2.75) is 13.5 Å². The number of hydrogen-bond donors (Lipinski definition) is 1. The minimum absolute atomic E-state index is 0.216. The largest absolute Gasteiger partial charge is 0.454 e. The second-order valence-corrected chi connectivity index (χ2v) is 5.61. The average molecular weight is 352 g/mol. The van der Waals surface area contributed by atoms with Crippen LogP contribution >= 0.6 is 0 Å². The van der Waals surface area contributed by atoms with Crippen molar-refractivity contribution in [1.82, 2.24) is 25.3 Å². The number of hydrogen-bond acceptors (Lipinski definition) is 10. The fourth-order valence-electron chi connectivity index (χ4n) is 2.69. The Labute approximate surface area is 146 Å². The van der Waals surface area contributed by atoms with Gasteiger partial charge in [-0.15, -0.1) is 0 Å². The van der Waals surface area contributed by atoms with Crippen molar-refractivity contribution in [3.05, 3.63) is 36.0 Å². The van der Waals surface area contributed by atoms with Crippen LogP contribution in [0.3, 0.4) is 0 Å². The van der Waals surface area contributed by atoms with Crippen molar-refractivity contribution >= 4 is 16.9 Å². The lowest BCUT2D eigenvalue weighted by Crippen LogP contribution is -2.04. The number of aromatic nitrogens is 5. The highest BCUT2D eigenvalue weighted by Gasteiger charge is 2.17. The maximum Gasteiger partial charge on any atom is 0.263 e. The molecule has 0 fully saturated rings. The van der Waals surface area contributed by atoms with E-state index in [1.807, 2.05) is 25.1 Å². The van der Waals surface area contributed by atoms with E-state index in [1.54, 1.807) is 0 Å². The van der Waals surface area contributed by atoms with E-state index in [0.717, 1.165) is 10.9 Å². The molecule has 0 amide bonds. The van der Waals surface area contributed by atoms with Crippen molar-refractivity contribution in [3.63, 3.8) is 0 Å². The lowest BCUT2D eigenvalue weighted by Gasteiger charge is -2.02. The van der Waals surface area contributed by atoms with Crippen LogP contribution in [0.5, 0.6) is 11.5 Å². The number of aryl methyl sites for hydroxylation is 1. The fraction of sp³-hybridized carbons (Fsp3) is 0.188. The van der Waals surface area contributed by atoms with Crippen LogP contribution in [0.15, 0.2) is 33.6 Å². The summed E-state index contributed by atoms with van der Waals surface area (Å²) in [5, 5.41) is 11.8. The highest BCUT2D eigenvalue weighted by atomic mass is 16.7. The maximum atomic E-state index is 5.36. The highest BCUT2D eigenvalue weighted by molar-refractivity contribution is 5.87. The maximum absolute atomic E-state index is 5.36. The van der Waals surface area contributed by atoms with Gasteiger partial charge in [0.1, 0.15) is 17.5 Å². The van der Waals surface area contributed by atoms with Gasteiger partial charge in [0.25, 0.3) is 11.6 Å². The van der Waals surface area contributed by atoms with Gasteiger partial charge in [-0.05, 0) is 25.1 Å². The van der Waals surface area contributed by atoms with E-state index in [0.29, 0.717) is 47.0 Å². The Morgan fingerprint density at radius 3 is 2.96 bits per heavy atom. The van der Waals surface area contributed by atoms with Crippen molar-refractivity contribution in [2.24, 2.45) is 0 Å². The molecule has 0 unspecified atom stereocenters. The molecule has 4 heterocycles. The molecule has 4 aromatic rings. The Morgan fingerprint density at radius 2 is 2.00 bits per heavy atom. The third-order valence-corrected chi connectivity index (χ3v) is 3.94. The fourth-order valence-corrected chi connectivity index (χ4v) is 2.69. The molecule has 0 radical (unpaired) electrons. The molecule has 26 heavy (non-hydrogen) atoms. The van der Waals surface area contributed by atoms with E-state index in [1.165, 1.54) is 6.33 Å². The Morgan fingerprint density at radius 1 is 1.08 bits per heavy atom. The van der Waals surface area contributed by atoms with Gasteiger partial charge in [-0.25, -0.2) is 4.98 Å². The molecule has 0 saturated heterocycles. The van der Waals surface area contributed by atoms with Gasteiger partial charge in [-0.1, -0.05) is 10.3 Å². The van der Waals surface area contributed by atoms with Crippen LogP contribution in [0.2, 0.25) is 0 Å². The average Bonchev–Trinajstić information content (AvgIpc) is 3.39. The van der Waals surface area contributed by atoms with Crippen molar-refractivity contribution in [2.75, 3.05) is 12.1 Å². The molecule has 10 heteroatoms. The first kappa shape index (κ1) is 14.6. The summed E-state index contributed by atoms with van der Waals surface area (Å²) in [4.78, 5) is 12.7. The summed E-state index contributed by atoms with van der Waals surface area (Å²) in [6.45, 7) is 2.37. The van der Waals surface area contributed by atoms with E-state index < -0.39 is 0 Å². The molecule has 10 nitrogen and oxygen atoms in total. The summed E-state index contributed by atoms with van der Waals surface area (Å²) in [6, 6.07) is 5.46. The normalized spacial score (nSPS) is 12.7. The lowest BCUT2D eigenvalue weighted by atomic mass is 10.2. The van der Waals surface area contributed by atoms with Gasteiger partial charge in [0.15, 0.2) is 17.3 Å². The molecule has 0 bridgehead atoms. The first-order valence-corrected chi connectivity index (χ1v) is 7.81. The zero-order valence-corrected chi connectivity index (χ0v) is 13.6. The molecular weight excluding hydrogens is 340 g/mol. The van der Waals surface area contributed by atoms with Crippen molar-refractivity contribution in [3.8, 4) is 23.0 Å². The minimum atomic E-state index is 0.216. The number of benzene rings is 1. The number of fused-ring (bicyclic) bond motifs is 2. The zero-order valence-electron chi connectivity index (χ0n) is 13.6. The summed E-state index contributed by atoms with van der Waals surface area (Å²) in [7, 11) is 0. The molecule has 5 rings (SSSR count). The molecule has 130 valence electrons. The zero-order chi connectivity index (χ0) is 17.5. The molecule has 0 aliphatic carbocycles. The monoisotopic (exact) mass is 352 g/mol. The van der Waals surface area contributed by atoms with Crippen molar-refractivity contribution < 1.29 is 18.5 Å². The summed E-state index contributed by atoms with van der Waals surface area (Å²) in [5.74, 6) is 2.84. The molecule has 3 aromatic heterocycles. The molecule has 0 saturated carbocycles. The van der Waals surface area contributed by atoms with Crippen LogP contribution in [0.4, 0.5) is 5.82 Å². The quantitative estimate of drug-likeness (QED) is 0.585. The molecule has 1 aromatic carbocycles. The van der Waals surface area contributed by atoms with Gasteiger partial charge in [0, 0.05) is 5.56 Å².